The zero-order valence-electron chi connectivity index (χ0n) is 17.1. The van der Waals surface area contributed by atoms with Crippen molar-refractivity contribution in [3.8, 4) is 0 Å². The number of aromatic nitrogens is 1. The number of amides is 2. The van der Waals surface area contributed by atoms with Crippen LogP contribution in [0.1, 0.15) is 33.1 Å². The summed E-state index contributed by atoms with van der Waals surface area (Å²) in [6, 6.07) is 8.35. The van der Waals surface area contributed by atoms with Gasteiger partial charge in [-0.3, -0.25) is 9.59 Å². The van der Waals surface area contributed by atoms with Crippen molar-refractivity contribution < 1.29 is 14.3 Å². The van der Waals surface area contributed by atoms with Crippen LogP contribution in [0.15, 0.2) is 29.3 Å². The maximum Gasteiger partial charge on any atom is 0.258 e. The van der Waals surface area contributed by atoms with Gasteiger partial charge in [-0.05, 0) is 45.2 Å². The van der Waals surface area contributed by atoms with Gasteiger partial charge in [-0.15, -0.1) is 11.8 Å². The Hall–Kier alpha value is -1.64. The van der Waals surface area contributed by atoms with E-state index in [1.165, 1.54) is 29.5 Å². The summed E-state index contributed by atoms with van der Waals surface area (Å²) < 4.78 is 8.62. The lowest BCUT2D eigenvalue weighted by Gasteiger charge is -2.33. The van der Waals surface area contributed by atoms with Crippen molar-refractivity contribution in [3.05, 3.63) is 29.1 Å². The van der Waals surface area contributed by atoms with E-state index < -0.39 is 0 Å². The van der Waals surface area contributed by atoms with Gasteiger partial charge in [0.2, 0.25) is 5.91 Å². The number of piperidine rings is 1. The Kier molecular flexibility index (Phi) is 8.32. The van der Waals surface area contributed by atoms with E-state index in [0.29, 0.717) is 36.4 Å². The molecule has 1 saturated heterocycles. The zero-order chi connectivity index (χ0) is 20.6. The molecule has 0 saturated carbocycles. The number of hydrogen-bond acceptors (Lipinski definition) is 5. The van der Waals surface area contributed by atoms with Crippen LogP contribution in [0.2, 0.25) is 0 Å². The van der Waals surface area contributed by atoms with Crippen LogP contribution in [0.5, 0.6) is 0 Å². The highest BCUT2D eigenvalue weighted by Crippen LogP contribution is 2.18. The van der Waals surface area contributed by atoms with Crippen molar-refractivity contribution in [2.45, 2.75) is 45.7 Å². The molecule has 2 heterocycles. The van der Waals surface area contributed by atoms with Crippen LogP contribution >= 0.6 is 23.1 Å². The molecule has 0 bridgehead atoms. The van der Waals surface area contributed by atoms with Crippen molar-refractivity contribution in [2.75, 3.05) is 31.3 Å². The van der Waals surface area contributed by atoms with Gasteiger partial charge in [0.05, 0.1) is 28.3 Å². The third-order valence-electron chi connectivity index (χ3n) is 5.05. The van der Waals surface area contributed by atoms with Crippen LogP contribution in [0.3, 0.4) is 0 Å². The van der Waals surface area contributed by atoms with Gasteiger partial charge in [0, 0.05) is 25.7 Å². The maximum atomic E-state index is 12.4. The molecule has 0 spiro atoms. The van der Waals surface area contributed by atoms with E-state index in [9.17, 15) is 9.59 Å². The average molecular weight is 436 g/mol. The first-order valence-corrected chi connectivity index (χ1v) is 12.2. The molecule has 2 aromatic rings. The van der Waals surface area contributed by atoms with Crippen LogP contribution in [0.25, 0.3) is 10.2 Å². The van der Waals surface area contributed by atoms with Crippen LogP contribution in [-0.2, 0) is 20.9 Å². The number of para-hydroxylation sites is 1. The van der Waals surface area contributed by atoms with Crippen molar-refractivity contribution in [3.63, 3.8) is 0 Å². The van der Waals surface area contributed by atoms with Gasteiger partial charge in [0.1, 0.15) is 0 Å². The fourth-order valence-corrected chi connectivity index (χ4v) is 5.29. The molecule has 1 atom stereocenters. The fraction of sp³-hybridized carbons (Fsp3) is 0.571. The van der Waals surface area contributed by atoms with Crippen molar-refractivity contribution >= 4 is 45.1 Å². The minimum absolute atomic E-state index is 0.128. The van der Waals surface area contributed by atoms with Crippen LogP contribution in [0, 0.1) is 0 Å². The van der Waals surface area contributed by atoms with E-state index in [0.717, 1.165) is 29.6 Å². The summed E-state index contributed by atoms with van der Waals surface area (Å²) >= 11 is 2.86. The molecule has 1 aliphatic rings. The highest BCUT2D eigenvalue weighted by molar-refractivity contribution is 8.00. The second-order valence-electron chi connectivity index (χ2n) is 7.13. The van der Waals surface area contributed by atoms with Gasteiger partial charge in [0.25, 0.3) is 5.91 Å². The minimum atomic E-state index is -0.203. The van der Waals surface area contributed by atoms with Gasteiger partial charge in [-0.2, -0.15) is 4.99 Å². The monoisotopic (exact) mass is 435 g/mol. The summed E-state index contributed by atoms with van der Waals surface area (Å²) in [7, 11) is 0. The number of ether oxygens (including phenoxy) is 1. The van der Waals surface area contributed by atoms with E-state index in [4.69, 9.17) is 4.74 Å². The first-order valence-electron chi connectivity index (χ1n) is 10.2. The summed E-state index contributed by atoms with van der Waals surface area (Å²) in [5.74, 6) is 0.477. The molecule has 29 heavy (non-hydrogen) atoms. The van der Waals surface area contributed by atoms with Crippen LogP contribution in [-0.4, -0.2) is 58.6 Å². The Morgan fingerprint density at radius 1 is 1.28 bits per heavy atom. The Balaban J connectivity index is 1.63. The molecular weight excluding hydrogens is 406 g/mol. The molecule has 0 N–H and O–H groups in total. The highest BCUT2D eigenvalue weighted by Gasteiger charge is 2.22. The number of rotatable bonds is 8. The summed E-state index contributed by atoms with van der Waals surface area (Å²) in [5.41, 5.74) is 1.06. The third kappa shape index (κ3) is 5.93. The SMILES string of the molecule is CCOCCn1c(=NC(=O)CSCC(=O)N2CCCCC2C)sc2ccccc21. The Morgan fingerprint density at radius 2 is 2.10 bits per heavy atom. The van der Waals surface area contributed by atoms with E-state index in [1.807, 2.05) is 40.7 Å². The zero-order valence-corrected chi connectivity index (χ0v) is 18.8. The summed E-state index contributed by atoms with van der Waals surface area (Å²) in [4.78, 5) is 31.8. The smallest absolute Gasteiger partial charge is 0.258 e. The lowest BCUT2D eigenvalue weighted by atomic mass is 10.0. The van der Waals surface area contributed by atoms with E-state index >= 15 is 0 Å². The van der Waals surface area contributed by atoms with E-state index in [1.54, 1.807) is 0 Å². The fourth-order valence-electron chi connectivity index (χ4n) is 3.54. The number of carbonyl (C=O) groups is 2. The maximum absolute atomic E-state index is 12.4. The molecule has 0 radical (unpaired) electrons. The van der Waals surface area contributed by atoms with Crippen molar-refractivity contribution in [1.29, 1.82) is 0 Å². The normalized spacial score (nSPS) is 17.8. The second-order valence-corrected chi connectivity index (χ2v) is 9.13. The number of hydrogen-bond donors (Lipinski definition) is 0. The van der Waals surface area contributed by atoms with Crippen LogP contribution in [0.4, 0.5) is 0 Å². The minimum Gasteiger partial charge on any atom is -0.380 e. The average Bonchev–Trinajstić information content (AvgIpc) is 3.05. The molecule has 6 nitrogen and oxygen atoms in total. The Bertz CT molecular complexity index is 906. The van der Waals surface area contributed by atoms with Crippen LogP contribution < -0.4 is 4.80 Å². The van der Waals surface area contributed by atoms with Gasteiger partial charge < -0.3 is 14.2 Å². The Labute approximate surface area is 180 Å². The molecule has 1 fully saturated rings. The van der Waals surface area contributed by atoms with Crippen molar-refractivity contribution in [1.82, 2.24) is 9.47 Å². The van der Waals surface area contributed by atoms with Crippen molar-refractivity contribution in [2.24, 2.45) is 4.99 Å². The first kappa shape index (κ1) is 22.1. The lowest BCUT2D eigenvalue weighted by Crippen LogP contribution is -2.43. The molecule has 1 unspecified atom stereocenters. The lowest BCUT2D eigenvalue weighted by molar-refractivity contribution is -0.131. The number of benzene rings is 1. The number of fused-ring (bicyclic) bond motifs is 1. The second kappa shape index (κ2) is 10.9. The summed E-state index contributed by atoms with van der Waals surface area (Å²) in [6.45, 7) is 6.80. The highest BCUT2D eigenvalue weighted by atomic mass is 32.2. The third-order valence-corrected chi connectivity index (χ3v) is 7.01. The first-order chi connectivity index (χ1) is 14.1. The quantitative estimate of drug-likeness (QED) is 0.597. The van der Waals surface area contributed by atoms with Gasteiger partial charge in [-0.25, -0.2) is 0 Å². The molecule has 3 rings (SSSR count). The topological polar surface area (TPSA) is 63.9 Å². The number of nitrogens with zero attached hydrogens (tertiary/aromatic N) is 3. The summed E-state index contributed by atoms with van der Waals surface area (Å²) in [6.07, 6.45) is 3.33. The largest absolute Gasteiger partial charge is 0.380 e. The number of carbonyl (C=O) groups excluding carboxylic acids is 2. The number of thioether (sulfide) groups is 1. The summed E-state index contributed by atoms with van der Waals surface area (Å²) in [5, 5.41) is 0. The van der Waals surface area contributed by atoms with Gasteiger partial charge in [0.15, 0.2) is 4.80 Å². The van der Waals surface area contributed by atoms with E-state index in [-0.39, 0.29) is 17.6 Å². The van der Waals surface area contributed by atoms with Gasteiger partial charge in [-0.1, -0.05) is 23.5 Å². The molecule has 0 aliphatic carbocycles. The Morgan fingerprint density at radius 3 is 2.90 bits per heavy atom. The molecule has 1 aliphatic heterocycles. The predicted molar refractivity (Wildman–Crippen MR) is 119 cm³/mol. The molecule has 158 valence electrons. The number of likely N-dealkylation sites (tertiary alicyclic amines) is 1. The molecule has 1 aromatic heterocycles. The predicted octanol–water partition coefficient (Wildman–Crippen LogP) is 3.30. The van der Waals surface area contributed by atoms with Gasteiger partial charge >= 0.3 is 0 Å². The molecular formula is C21H29N3O3S2. The molecule has 2 amide bonds. The number of thiazole rings is 1. The van der Waals surface area contributed by atoms with E-state index in [2.05, 4.69) is 11.9 Å². The molecule has 8 heteroatoms. The standard InChI is InChI=1S/C21H29N3O3S2/c1-3-27-13-12-24-17-9-4-5-10-18(17)29-21(24)22-19(25)14-28-15-20(26)23-11-7-6-8-16(23)2/h4-5,9-10,16H,3,6-8,11-15H2,1-2H3. The molecule has 1 aromatic carbocycles.